The molecule has 96 valence electrons. The topological polar surface area (TPSA) is 115 Å². The van der Waals surface area contributed by atoms with Gasteiger partial charge in [0.2, 0.25) is 0 Å². The van der Waals surface area contributed by atoms with Gasteiger partial charge < -0.3 is 20.4 Å². The first-order valence-electron chi connectivity index (χ1n) is 4.59. The summed E-state index contributed by atoms with van der Waals surface area (Å²) in [5, 5.41) is 31.7. The van der Waals surface area contributed by atoms with Gasteiger partial charge in [-0.1, -0.05) is 0 Å². The summed E-state index contributed by atoms with van der Waals surface area (Å²) in [6.45, 7) is 6.89. The summed E-state index contributed by atoms with van der Waals surface area (Å²) >= 11 is 0. The predicted octanol–water partition coefficient (Wildman–Crippen LogP) is 0.486. The van der Waals surface area contributed by atoms with Crippen molar-refractivity contribution in [2.75, 3.05) is 0 Å². The lowest BCUT2D eigenvalue weighted by atomic mass is 10.5. The molecule has 0 spiro atoms. The average molecular weight is 236 g/mol. The molecule has 0 unspecified atom stereocenters. The second-order valence-electron chi connectivity index (χ2n) is 3.20. The van der Waals surface area contributed by atoms with Crippen molar-refractivity contribution >= 4 is 11.9 Å². The molecule has 0 saturated carbocycles. The van der Waals surface area contributed by atoms with Crippen molar-refractivity contribution in [3.05, 3.63) is 12.2 Å². The van der Waals surface area contributed by atoms with Gasteiger partial charge in [0.05, 0.1) is 0 Å². The van der Waals surface area contributed by atoms with Crippen LogP contribution < -0.4 is 0 Å². The minimum absolute atomic E-state index is 0.167. The summed E-state index contributed by atoms with van der Waals surface area (Å²) in [5.41, 5.74) is 0. The second kappa shape index (κ2) is 13.6. The molecule has 0 saturated heterocycles. The van der Waals surface area contributed by atoms with Crippen LogP contribution in [0.4, 0.5) is 0 Å². The molecule has 0 aromatic rings. The van der Waals surface area contributed by atoms with Crippen LogP contribution in [0.25, 0.3) is 0 Å². The highest BCUT2D eigenvalue weighted by molar-refractivity contribution is 5.89. The van der Waals surface area contributed by atoms with Crippen LogP contribution in [-0.2, 0) is 9.59 Å². The first kappa shape index (κ1) is 20.1. The molecule has 4 N–H and O–H groups in total. The van der Waals surface area contributed by atoms with Crippen molar-refractivity contribution in [3.8, 4) is 0 Å². The van der Waals surface area contributed by atoms with E-state index in [2.05, 4.69) is 0 Å². The predicted molar refractivity (Wildman–Crippen MR) is 59.1 cm³/mol. The molecule has 6 nitrogen and oxygen atoms in total. The Morgan fingerprint density at radius 2 is 0.938 bits per heavy atom. The Kier molecular flexibility index (Phi) is 17.1. The van der Waals surface area contributed by atoms with Crippen molar-refractivity contribution in [2.45, 2.75) is 39.9 Å². The van der Waals surface area contributed by atoms with Crippen molar-refractivity contribution in [2.24, 2.45) is 0 Å². The van der Waals surface area contributed by atoms with Crippen LogP contribution in [0.1, 0.15) is 27.7 Å². The molecule has 0 aliphatic rings. The lowest BCUT2D eigenvalue weighted by molar-refractivity contribution is -0.134. The summed E-state index contributed by atoms with van der Waals surface area (Å²) in [6, 6.07) is 0. The highest BCUT2D eigenvalue weighted by atomic mass is 16.4. The molecule has 0 aliphatic heterocycles. The summed E-state index contributed by atoms with van der Waals surface area (Å²) in [5.74, 6) is -2.51. The van der Waals surface area contributed by atoms with Gasteiger partial charge in [0.15, 0.2) is 0 Å². The number of aliphatic carboxylic acids is 2. The number of aliphatic hydroxyl groups excluding tert-OH is 2. The molecular weight excluding hydrogens is 216 g/mol. The minimum atomic E-state index is -1.26. The van der Waals surface area contributed by atoms with Gasteiger partial charge in [0.25, 0.3) is 0 Å². The van der Waals surface area contributed by atoms with E-state index in [1.165, 1.54) is 0 Å². The summed E-state index contributed by atoms with van der Waals surface area (Å²) < 4.78 is 0. The summed E-state index contributed by atoms with van der Waals surface area (Å²) in [4.78, 5) is 19.1. The Bertz CT molecular complexity index is 180. The third kappa shape index (κ3) is 131. The number of carbonyl (C=O) groups is 2. The smallest absolute Gasteiger partial charge is 0.328 e. The molecule has 0 fully saturated rings. The van der Waals surface area contributed by atoms with E-state index in [0.29, 0.717) is 12.2 Å². The number of hydrogen-bond donors (Lipinski definition) is 4. The highest BCUT2D eigenvalue weighted by Crippen LogP contribution is 1.70. The van der Waals surface area contributed by atoms with Gasteiger partial charge in [0, 0.05) is 24.4 Å². The fraction of sp³-hybridized carbons (Fsp3) is 0.600. The molecule has 0 rings (SSSR count). The zero-order chi connectivity index (χ0) is 13.7. The van der Waals surface area contributed by atoms with Gasteiger partial charge in [0.1, 0.15) is 0 Å². The van der Waals surface area contributed by atoms with E-state index < -0.39 is 11.9 Å². The first-order valence-corrected chi connectivity index (χ1v) is 4.59. The monoisotopic (exact) mass is 236 g/mol. The van der Waals surface area contributed by atoms with Crippen LogP contribution >= 0.6 is 0 Å². The second-order valence-corrected chi connectivity index (χ2v) is 3.20. The molecule has 0 aliphatic carbocycles. The standard InChI is InChI=1S/C4H4O4.2C3H8O/c5-3(6)1-2-4(7)8;2*1-3(2)4/h1-2H,(H,5,6)(H,7,8);2*3-4H,1-2H3/b2-1+;;. The molecule has 0 bridgehead atoms. The average Bonchev–Trinajstić information content (AvgIpc) is 1.98. The largest absolute Gasteiger partial charge is 0.478 e. The fourth-order valence-corrected chi connectivity index (χ4v) is 0.143. The Labute approximate surface area is 94.8 Å². The van der Waals surface area contributed by atoms with E-state index in [0.717, 1.165) is 0 Å². The number of aliphatic hydroxyl groups is 2. The molecular formula is C10H20O6. The lowest BCUT2D eigenvalue weighted by Crippen LogP contribution is -1.91. The number of rotatable bonds is 2. The van der Waals surface area contributed by atoms with Gasteiger partial charge in [-0.25, -0.2) is 9.59 Å². The van der Waals surface area contributed by atoms with Gasteiger partial charge >= 0.3 is 11.9 Å². The molecule has 0 heterocycles. The van der Waals surface area contributed by atoms with Crippen LogP contribution in [0.3, 0.4) is 0 Å². The lowest BCUT2D eigenvalue weighted by Gasteiger charge is -1.80. The molecule has 0 aromatic carbocycles. The maximum atomic E-state index is 9.55. The Balaban J connectivity index is -0.000000179. The third-order valence-electron chi connectivity index (χ3n) is 0.368. The zero-order valence-electron chi connectivity index (χ0n) is 9.91. The highest BCUT2D eigenvalue weighted by Gasteiger charge is 1.88. The first-order chi connectivity index (χ1) is 7.09. The maximum absolute atomic E-state index is 9.55. The number of hydrogen-bond acceptors (Lipinski definition) is 4. The van der Waals surface area contributed by atoms with E-state index >= 15 is 0 Å². The van der Waals surface area contributed by atoms with E-state index in [4.69, 9.17) is 20.4 Å². The van der Waals surface area contributed by atoms with Crippen LogP contribution in [0.2, 0.25) is 0 Å². The number of carboxylic acids is 2. The molecule has 16 heavy (non-hydrogen) atoms. The van der Waals surface area contributed by atoms with Gasteiger partial charge in [-0.05, 0) is 27.7 Å². The Hall–Kier alpha value is -1.40. The molecule has 0 radical (unpaired) electrons. The molecule has 0 aromatic heterocycles. The van der Waals surface area contributed by atoms with Crippen molar-refractivity contribution in [3.63, 3.8) is 0 Å². The molecule has 0 amide bonds. The summed E-state index contributed by atoms with van der Waals surface area (Å²) in [6.07, 6.45) is 0.782. The van der Waals surface area contributed by atoms with Crippen LogP contribution in [0, 0.1) is 0 Å². The normalized spacial score (nSPS) is 9.25. The van der Waals surface area contributed by atoms with Crippen LogP contribution in [0.5, 0.6) is 0 Å². The van der Waals surface area contributed by atoms with Gasteiger partial charge in [-0.15, -0.1) is 0 Å². The summed E-state index contributed by atoms with van der Waals surface area (Å²) in [7, 11) is 0. The third-order valence-corrected chi connectivity index (χ3v) is 0.368. The van der Waals surface area contributed by atoms with E-state index in [1.54, 1.807) is 27.7 Å². The molecule has 0 atom stereocenters. The zero-order valence-corrected chi connectivity index (χ0v) is 9.91. The van der Waals surface area contributed by atoms with E-state index in [9.17, 15) is 9.59 Å². The maximum Gasteiger partial charge on any atom is 0.328 e. The SMILES string of the molecule is CC(C)O.CC(C)O.O=C(O)/C=C/C(=O)O. The van der Waals surface area contributed by atoms with Crippen molar-refractivity contribution in [1.29, 1.82) is 0 Å². The van der Waals surface area contributed by atoms with Crippen molar-refractivity contribution in [1.82, 2.24) is 0 Å². The molecule has 6 heteroatoms. The fourth-order valence-electron chi connectivity index (χ4n) is 0.143. The Morgan fingerprint density at radius 3 is 1.00 bits per heavy atom. The van der Waals surface area contributed by atoms with E-state index in [1.807, 2.05) is 0 Å². The quantitative estimate of drug-likeness (QED) is 0.518. The van der Waals surface area contributed by atoms with E-state index in [-0.39, 0.29) is 12.2 Å². The van der Waals surface area contributed by atoms with Crippen LogP contribution in [-0.4, -0.2) is 44.6 Å². The van der Waals surface area contributed by atoms with Crippen LogP contribution in [0.15, 0.2) is 12.2 Å². The minimum Gasteiger partial charge on any atom is -0.478 e. The van der Waals surface area contributed by atoms with Gasteiger partial charge in [-0.2, -0.15) is 0 Å². The number of carboxylic acid groups (broad SMARTS) is 2. The van der Waals surface area contributed by atoms with Crippen molar-refractivity contribution < 1.29 is 30.0 Å². The van der Waals surface area contributed by atoms with Gasteiger partial charge in [-0.3, -0.25) is 0 Å². The Morgan fingerprint density at radius 1 is 0.812 bits per heavy atom.